The fourth-order valence-electron chi connectivity index (χ4n) is 1.68. The minimum absolute atomic E-state index is 0.0485. The van der Waals surface area contributed by atoms with Crippen LogP contribution in [0.1, 0.15) is 20.7 Å². The molecule has 0 aliphatic heterocycles. The number of hydrogen-bond acceptors (Lipinski definition) is 8. The van der Waals surface area contributed by atoms with Crippen molar-refractivity contribution in [3.05, 3.63) is 79.9 Å². The summed E-state index contributed by atoms with van der Waals surface area (Å²) in [5.74, 6) is 3.80. The average Bonchev–Trinajstić information content (AvgIpc) is 2.67. The Labute approximate surface area is 146 Å². The van der Waals surface area contributed by atoms with E-state index in [1.54, 1.807) is 0 Å². The standard InChI is InChI=1S/C8H7NO4.C7H7N3O3/c1-13-8(10)6-2-4-7(5-3-6)9(11)12;8-9-7(11)5-2-1-3-6(4-5)10(12)13/h2-5H,1H3;1-4H,8H2,(H,9,11). The molecule has 2 aromatic carbocycles. The summed E-state index contributed by atoms with van der Waals surface area (Å²) in [6.07, 6.45) is 0. The zero-order chi connectivity index (χ0) is 19.7. The molecule has 136 valence electrons. The van der Waals surface area contributed by atoms with Crippen LogP contribution < -0.4 is 11.3 Å². The fraction of sp³-hybridized carbons (Fsp3) is 0.0667. The molecule has 0 spiro atoms. The van der Waals surface area contributed by atoms with Crippen molar-refractivity contribution in [3.8, 4) is 0 Å². The minimum Gasteiger partial charge on any atom is -0.465 e. The van der Waals surface area contributed by atoms with Crippen molar-refractivity contribution in [2.75, 3.05) is 7.11 Å². The van der Waals surface area contributed by atoms with Crippen LogP contribution in [0.15, 0.2) is 48.5 Å². The number of hydrogen-bond donors (Lipinski definition) is 2. The van der Waals surface area contributed by atoms with E-state index < -0.39 is 21.7 Å². The summed E-state index contributed by atoms with van der Waals surface area (Å²) in [4.78, 5) is 41.3. The van der Waals surface area contributed by atoms with Crippen LogP contribution in [0.5, 0.6) is 0 Å². The topological polar surface area (TPSA) is 168 Å². The van der Waals surface area contributed by atoms with Gasteiger partial charge in [0.2, 0.25) is 0 Å². The normalized spacial score (nSPS) is 9.31. The Morgan fingerprint density at radius 2 is 1.54 bits per heavy atom. The Kier molecular flexibility index (Phi) is 7.33. The smallest absolute Gasteiger partial charge is 0.337 e. The molecule has 0 aromatic heterocycles. The van der Waals surface area contributed by atoms with Gasteiger partial charge in [0.25, 0.3) is 17.3 Å². The predicted octanol–water partition coefficient (Wildman–Crippen LogP) is 1.58. The predicted molar refractivity (Wildman–Crippen MR) is 89.2 cm³/mol. The van der Waals surface area contributed by atoms with Crippen molar-refractivity contribution >= 4 is 23.3 Å². The van der Waals surface area contributed by atoms with E-state index in [1.165, 1.54) is 49.6 Å². The molecule has 0 radical (unpaired) electrons. The summed E-state index contributed by atoms with van der Waals surface area (Å²) in [6.45, 7) is 0. The second kappa shape index (κ2) is 9.44. The first-order chi connectivity index (χ1) is 12.3. The lowest BCUT2D eigenvalue weighted by molar-refractivity contribution is -0.385. The van der Waals surface area contributed by atoms with Gasteiger partial charge >= 0.3 is 5.97 Å². The van der Waals surface area contributed by atoms with Crippen LogP contribution in [0, 0.1) is 20.2 Å². The number of carbonyl (C=O) groups excluding carboxylic acids is 2. The van der Waals surface area contributed by atoms with E-state index in [2.05, 4.69) is 4.74 Å². The Balaban J connectivity index is 0.000000260. The minimum atomic E-state index is -0.576. The third-order valence-electron chi connectivity index (χ3n) is 2.95. The van der Waals surface area contributed by atoms with Gasteiger partial charge in [0, 0.05) is 29.8 Å². The number of nitrogen functional groups attached to an aromatic ring is 1. The molecule has 0 aliphatic carbocycles. The van der Waals surface area contributed by atoms with Gasteiger partial charge in [-0.2, -0.15) is 0 Å². The lowest BCUT2D eigenvalue weighted by atomic mass is 10.2. The van der Waals surface area contributed by atoms with Crippen LogP contribution in [0.3, 0.4) is 0 Å². The van der Waals surface area contributed by atoms with Gasteiger partial charge < -0.3 is 4.74 Å². The number of non-ortho nitro benzene ring substituents is 2. The van der Waals surface area contributed by atoms with Crippen LogP contribution in [0.25, 0.3) is 0 Å². The highest BCUT2D eigenvalue weighted by Crippen LogP contribution is 2.13. The van der Waals surface area contributed by atoms with E-state index in [0.717, 1.165) is 6.07 Å². The SMILES string of the molecule is COC(=O)c1ccc([N+](=O)[O-])cc1.NNC(=O)c1cccc([N+](=O)[O-])c1. The number of amides is 1. The van der Waals surface area contributed by atoms with Crippen molar-refractivity contribution in [1.29, 1.82) is 0 Å². The monoisotopic (exact) mass is 362 g/mol. The zero-order valence-electron chi connectivity index (χ0n) is 13.4. The van der Waals surface area contributed by atoms with Crippen LogP contribution in [-0.2, 0) is 4.74 Å². The number of nitro benzene ring substituents is 2. The molecule has 0 saturated carbocycles. The summed E-state index contributed by atoms with van der Waals surface area (Å²) in [5, 5.41) is 20.5. The van der Waals surface area contributed by atoms with E-state index in [9.17, 15) is 29.8 Å². The molecule has 3 N–H and O–H groups in total. The van der Waals surface area contributed by atoms with Crippen molar-refractivity contribution in [2.24, 2.45) is 5.84 Å². The number of ether oxygens (including phenoxy) is 1. The molecular formula is C15H14N4O7. The number of nitrogens with zero attached hydrogens (tertiary/aromatic N) is 2. The Bertz CT molecular complexity index is 821. The molecule has 0 saturated heterocycles. The molecule has 0 atom stereocenters. The van der Waals surface area contributed by atoms with E-state index in [-0.39, 0.29) is 16.9 Å². The molecule has 0 unspecified atom stereocenters. The molecule has 0 bridgehead atoms. The maximum Gasteiger partial charge on any atom is 0.337 e. The molecular weight excluding hydrogens is 348 g/mol. The van der Waals surface area contributed by atoms with Crippen molar-refractivity contribution in [2.45, 2.75) is 0 Å². The van der Waals surface area contributed by atoms with Crippen LogP contribution >= 0.6 is 0 Å². The number of nitrogens with one attached hydrogen (secondary N) is 1. The van der Waals surface area contributed by atoms with Gasteiger partial charge in [-0.3, -0.25) is 30.4 Å². The lowest BCUT2D eigenvalue weighted by Crippen LogP contribution is -2.29. The van der Waals surface area contributed by atoms with Gasteiger partial charge in [0.15, 0.2) is 0 Å². The number of methoxy groups -OCH3 is 1. The van der Waals surface area contributed by atoms with Gasteiger partial charge in [0.05, 0.1) is 22.5 Å². The Hall–Kier alpha value is -3.86. The number of carbonyl (C=O) groups is 2. The molecule has 0 fully saturated rings. The zero-order valence-corrected chi connectivity index (χ0v) is 13.4. The second-order valence-corrected chi connectivity index (χ2v) is 4.58. The number of nitrogens with two attached hydrogens (primary N) is 1. The van der Waals surface area contributed by atoms with Crippen LogP contribution in [-0.4, -0.2) is 28.8 Å². The number of nitro groups is 2. The van der Waals surface area contributed by atoms with Crippen molar-refractivity contribution < 1.29 is 24.2 Å². The van der Waals surface area contributed by atoms with Gasteiger partial charge in [-0.25, -0.2) is 10.6 Å². The molecule has 26 heavy (non-hydrogen) atoms. The highest BCUT2D eigenvalue weighted by molar-refractivity contribution is 5.94. The first-order valence-corrected chi connectivity index (χ1v) is 6.88. The number of benzene rings is 2. The maximum atomic E-state index is 10.9. The quantitative estimate of drug-likeness (QED) is 0.271. The first-order valence-electron chi connectivity index (χ1n) is 6.88. The summed E-state index contributed by atoms with van der Waals surface area (Å²) >= 11 is 0. The molecule has 2 aromatic rings. The second-order valence-electron chi connectivity index (χ2n) is 4.58. The van der Waals surface area contributed by atoms with Gasteiger partial charge in [-0.1, -0.05) is 6.07 Å². The molecule has 0 heterocycles. The van der Waals surface area contributed by atoms with Gasteiger partial charge in [-0.15, -0.1) is 0 Å². The largest absolute Gasteiger partial charge is 0.465 e. The summed E-state index contributed by atoms with van der Waals surface area (Å²) in [5.41, 5.74) is 2.16. The molecule has 2 rings (SSSR count). The Morgan fingerprint density at radius 1 is 0.962 bits per heavy atom. The summed E-state index contributed by atoms with van der Waals surface area (Å²) in [6, 6.07) is 10.5. The molecule has 0 aliphatic rings. The number of esters is 1. The van der Waals surface area contributed by atoms with E-state index >= 15 is 0 Å². The highest BCUT2D eigenvalue weighted by atomic mass is 16.6. The highest BCUT2D eigenvalue weighted by Gasteiger charge is 2.10. The van der Waals surface area contributed by atoms with E-state index in [0.29, 0.717) is 5.56 Å². The third-order valence-corrected chi connectivity index (χ3v) is 2.95. The van der Waals surface area contributed by atoms with Gasteiger partial charge in [0.1, 0.15) is 0 Å². The van der Waals surface area contributed by atoms with Crippen LogP contribution in [0.4, 0.5) is 11.4 Å². The van der Waals surface area contributed by atoms with E-state index in [4.69, 9.17) is 5.84 Å². The molecule has 11 heteroatoms. The summed E-state index contributed by atoms with van der Waals surface area (Å²) < 4.78 is 4.43. The molecule has 1 amide bonds. The lowest BCUT2D eigenvalue weighted by Gasteiger charge is -1.97. The Morgan fingerprint density at radius 3 is 2.00 bits per heavy atom. The summed E-state index contributed by atoms with van der Waals surface area (Å²) in [7, 11) is 1.25. The third kappa shape index (κ3) is 5.65. The first kappa shape index (κ1) is 20.2. The van der Waals surface area contributed by atoms with Crippen molar-refractivity contribution in [1.82, 2.24) is 5.43 Å². The fourth-order valence-corrected chi connectivity index (χ4v) is 1.68. The van der Waals surface area contributed by atoms with E-state index in [1.807, 2.05) is 5.43 Å². The van der Waals surface area contributed by atoms with Crippen molar-refractivity contribution in [3.63, 3.8) is 0 Å². The number of rotatable bonds is 4. The number of hydrazine groups is 1. The van der Waals surface area contributed by atoms with Crippen LogP contribution in [0.2, 0.25) is 0 Å². The maximum absolute atomic E-state index is 10.9. The average molecular weight is 362 g/mol. The van der Waals surface area contributed by atoms with Gasteiger partial charge in [-0.05, 0) is 18.2 Å². The molecule has 11 nitrogen and oxygen atoms in total.